The molecule has 0 fully saturated rings. The molecule has 26 heavy (non-hydrogen) atoms. The molecular formula is C19H17N5O2. The molecule has 0 atom stereocenters. The lowest BCUT2D eigenvalue weighted by molar-refractivity contribution is -0.115. The van der Waals surface area contributed by atoms with E-state index >= 15 is 0 Å². The third kappa shape index (κ3) is 2.95. The number of nitrogens with zero attached hydrogens (tertiary/aromatic N) is 4. The van der Waals surface area contributed by atoms with Gasteiger partial charge in [0.1, 0.15) is 12.0 Å². The summed E-state index contributed by atoms with van der Waals surface area (Å²) in [6.07, 6.45) is 1.81. The van der Waals surface area contributed by atoms with E-state index in [0.29, 0.717) is 17.0 Å². The monoisotopic (exact) mass is 347 g/mol. The second-order valence-corrected chi connectivity index (χ2v) is 5.84. The molecule has 7 heteroatoms. The van der Waals surface area contributed by atoms with Crippen LogP contribution in [0.4, 0.5) is 5.69 Å². The third-order valence-electron chi connectivity index (χ3n) is 4.18. The van der Waals surface area contributed by atoms with Gasteiger partial charge in [0.2, 0.25) is 5.91 Å². The van der Waals surface area contributed by atoms with E-state index in [2.05, 4.69) is 20.7 Å². The summed E-state index contributed by atoms with van der Waals surface area (Å²) in [4.78, 5) is 12.6. The van der Waals surface area contributed by atoms with Crippen molar-refractivity contribution in [2.24, 2.45) is 0 Å². The average Bonchev–Trinajstić information content (AvgIpc) is 3.29. The Bertz CT molecular complexity index is 1070. The van der Waals surface area contributed by atoms with Gasteiger partial charge in [-0.15, -0.1) is 10.2 Å². The van der Waals surface area contributed by atoms with Crippen molar-refractivity contribution in [1.82, 2.24) is 19.9 Å². The maximum absolute atomic E-state index is 12.6. The highest BCUT2D eigenvalue weighted by Gasteiger charge is 2.15. The van der Waals surface area contributed by atoms with Gasteiger partial charge in [-0.3, -0.25) is 4.79 Å². The number of benzene rings is 2. The summed E-state index contributed by atoms with van der Waals surface area (Å²) in [7, 11) is 0. The number of para-hydroxylation sites is 2. The molecule has 0 spiro atoms. The van der Waals surface area contributed by atoms with Crippen LogP contribution in [0.3, 0.4) is 0 Å². The van der Waals surface area contributed by atoms with E-state index in [0.717, 1.165) is 23.3 Å². The number of aryl methyl sites for hydroxylation is 1. The summed E-state index contributed by atoms with van der Waals surface area (Å²) in [6, 6.07) is 15.0. The first kappa shape index (κ1) is 16.0. The number of hydrogen-bond acceptors (Lipinski definition) is 5. The van der Waals surface area contributed by atoms with Crippen molar-refractivity contribution in [2.45, 2.75) is 19.9 Å². The van der Waals surface area contributed by atoms with Gasteiger partial charge in [-0.05, 0) is 31.2 Å². The average molecular weight is 347 g/mol. The predicted molar refractivity (Wildman–Crippen MR) is 97.5 cm³/mol. The highest BCUT2D eigenvalue weighted by atomic mass is 16.5. The highest BCUT2D eigenvalue weighted by Crippen LogP contribution is 2.26. The van der Waals surface area contributed by atoms with Gasteiger partial charge in [0.25, 0.3) is 0 Å². The Morgan fingerprint density at radius 1 is 1.15 bits per heavy atom. The maximum atomic E-state index is 12.6. The van der Waals surface area contributed by atoms with E-state index in [4.69, 9.17) is 4.52 Å². The quantitative estimate of drug-likeness (QED) is 0.599. The lowest BCUT2D eigenvalue weighted by Crippen LogP contribution is -2.15. The lowest BCUT2D eigenvalue weighted by atomic mass is 10.1. The van der Waals surface area contributed by atoms with E-state index in [9.17, 15) is 4.79 Å². The van der Waals surface area contributed by atoms with Crippen LogP contribution >= 0.6 is 0 Å². The minimum Gasteiger partial charge on any atom is -0.356 e. The van der Waals surface area contributed by atoms with Gasteiger partial charge in [0.05, 0.1) is 12.1 Å². The number of hydrogen-bond donors (Lipinski definition) is 1. The Labute approximate surface area is 149 Å². The zero-order valence-corrected chi connectivity index (χ0v) is 14.2. The van der Waals surface area contributed by atoms with Crippen LogP contribution in [-0.4, -0.2) is 25.8 Å². The zero-order valence-electron chi connectivity index (χ0n) is 14.2. The largest absolute Gasteiger partial charge is 0.356 e. The first-order chi connectivity index (χ1) is 12.8. The first-order valence-corrected chi connectivity index (χ1v) is 8.36. The molecule has 0 aliphatic heterocycles. The van der Waals surface area contributed by atoms with Crippen LogP contribution < -0.4 is 5.32 Å². The highest BCUT2D eigenvalue weighted by molar-refractivity contribution is 5.97. The molecule has 1 N–H and O–H groups in total. The number of aromatic nitrogens is 4. The van der Waals surface area contributed by atoms with Gasteiger partial charge in [0.15, 0.2) is 11.4 Å². The summed E-state index contributed by atoms with van der Waals surface area (Å²) < 4.78 is 7.19. The van der Waals surface area contributed by atoms with Gasteiger partial charge < -0.3 is 14.4 Å². The van der Waals surface area contributed by atoms with Gasteiger partial charge in [-0.2, -0.15) is 0 Å². The van der Waals surface area contributed by atoms with Crippen molar-refractivity contribution in [3.63, 3.8) is 0 Å². The van der Waals surface area contributed by atoms with Crippen molar-refractivity contribution >= 4 is 22.6 Å². The number of fused-ring (bicyclic) bond motifs is 1. The topological polar surface area (TPSA) is 85.8 Å². The Balaban J connectivity index is 1.59. The molecule has 2 aromatic carbocycles. The van der Waals surface area contributed by atoms with Crippen LogP contribution in [0.25, 0.3) is 22.4 Å². The Kier molecular flexibility index (Phi) is 4.18. The number of amides is 1. The summed E-state index contributed by atoms with van der Waals surface area (Å²) in [5, 5.41) is 16.0. The van der Waals surface area contributed by atoms with Gasteiger partial charge in [-0.25, -0.2) is 0 Å². The molecule has 0 aliphatic rings. The Hall–Kier alpha value is -3.48. The van der Waals surface area contributed by atoms with Crippen molar-refractivity contribution in [1.29, 1.82) is 0 Å². The van der Waals surface area contributed by atoms with Crippen LogP contribution in [0.1, 0.15) is 12.6 Å². The Morgan fingerprint density at radius 3 is 2.85 bits per heavy atom. The van der Waals surface area contributed by atoms with Crippen molar-refractivity contribution in [3.05, 3.63) is 60.6 Å². The summed E-state index contributed by atoms with van der Waals surface area (Å²) in [6.45, 7) is 2.76. The fourth-order valence-electron chi connectivity index (χ4n) is 2.89. The molecule has 0 radical (unpaired) electrons. The number of nitrogens with one attached hydrogen (secondary N) is 1. The molecule has 1 amide bonds. The lowest BCUT2D eigenvalue weighted by Gasteiger charge is -2.11. The molecule has 0 bridgehead atoms. The fraction of sp³-hybridized carbons (Fsp3) is 0.158. The van der Waals surface area contributed by atoms with Crippen molar-refractivity contribution in [2.75, 3.05) is 5.32 Å². The van der Waals surface area contributed by atoms with E-state index < -0.39 is 0 Å². The van der Waals surface area contributed by atoms with Gasteiger partial charge in [-0.1, -0.05) is 29.4 Å². The zero-order chi connectivity index (χ0) is 17.9. The molecule has 0 saturated heterocycles. The molecule has 0 saturated carbocycles. The van der Waals surface area contributed by atoms with E-state index in [1.54, 1.807) is 6.33 Å². The van der Waals surface area contributed by atoms with Gasteiger partial charge in [0, 0.05) is 17.5 Å². The molecule has 2 aromatic heterocycles. The van der Waals surface area contributed by atoms with E-state index in [-0.39, 0.29) is 12.3 Å². The Morgan fingerprint density at radius 2 is 1.96 bits per heavy atom. The number of carbonyl (C=O) groups is 1. The summed E-state index contributed by atoms with van der Waals surface area (Å²) in [5.74, 6) is 0.550. The van der Waals surface area contributed by atoms with Crippen molar-refractivity contribution < 1.29 is 9.32 Å². The van der Waals surface area contributed by atoms with Crippen LogP contribution in [0.5, 0.6) is 0 Å². The van der Waals surface area contributed by atoms with Crippen LogP contribution in [0.15, 0.2) is 59.4 Å². The minimum absolute atomic E-state index is 0.131. The fourth-order valence-corrected chi connectivity index (χ4v) is 2.89. The number of carbonyl (C=O) groups excluding carboxylic acids is 1. The molecule has 4 rings (SSSR count). The molecule has 130 valence electrons. The number of rotatable bonds is 5. The summed E-state index contributed by atoms with van der Waals surface area (Å²) >= 11 is 0. The normalized spacial score (nSPS) is 11.0. The standard InChI is InChI=1S/C19H17N5O2/c1-2-24-12-20-22-19(24)14-8-3-5-9-15(14)21-18(25)11-16-13-7-4-6-10-17(13)26-23-16/h3-10,12H,2,11H2,1H3,(H,21,25). The minimum atomic E-state index is -0.168. The van der Waals surface area contributed by atoms with E-state index in [1.165, 1.54) is 0 Å². The third-order valence-corrected chi connectivity index (χ3v) is 4.18. The first-order valence-electron chi connectivity index (χ1n) is 8.36. The molecular weight excluding hydrogens is 330 g/mol. The predicted octanol–water partition coefficient (Wildman–Crippen LogP) is 3.29. The molecule has 4 aromatic rings. The molecule has 2 heterocycles. The van der Waals surface area contributed by atoms with Gasteiger partial charge >= 0.3 is 0 Å². The second-order valence-electron chi connectivity index (χ2n) is 5.84. The smallest absolute Gasteiger partial charge is 0.230 e. The summed E-state index contributed by atoms with van der Waals surface area (Å²) in [5.41, 5.74) is 2.80. The van der Waals surface area contributed by atoms with Crippen LogP contribution in [-0.2, 0) is 17.8 Å². The SMILES string of the molecule is CCn1cnnc1-c1ccccc1NC(=O)Cc1noc2ccccc12. The van der Waals surface area contributed by atoms with Crippen molar-refractivity contribution in [3.8, 4) is 11.4 Å². The number of anilines is 1. The molecule has 7 nitrogen and oxygen atoms in total. The van der Waals surface area contributed by atoms with E-state index in [1.807, 2.05) is 60.0 Å². The van der Waals surface area contributed by atoms with Crippen LogP contribution in [0.2, 0.25) is 0 Å². The second kappa shape index (κ2) is 6.79. The van der Waals surface area contributed by atoms with Crippen LogP contribution in [0, 0.1) is 0 Å². The maximum Gasteiger partial charge on any atom is 0.230 e. The molecule has 0 aliphatic carbocycles. The molecule has 0 unspecified atom stereocenters.